The lowest BCUT2D eigenvalue weighted by molar-refractivity contribution is -0.137. The number of aromatic carboxylic acids is 1. The Morgan fingerprint density at radius 3 is 2.24 bits per heavy atom. The molecule has 2 aromatic heterocycles. The van der Waals surface area contributed by atoms with E-state index < -0.39 is 35.3 Å². The minimum Gasteiger partial charge on any atom is -0.478 e. The number of carbonyl (C=O) groups excluding carboxylic acids is 1. The summed E-state index contributed by atoms with van der Waals surface area (Å²) in [6.45, 7) is 0.0286. The van der Waals surface area contributed by atoms with Crippen LogP contribution in [0.3, 0.4) is 0 Å². The van der Waals surface area contributed by atoms with Gasteiger partial charge in [-0.25, -0.2) is 18.1 Å². The summed E-state index contributed by atoms with van der Waals surface area (Å²) in [6, 6.07) is 15.0. The molecule has 0 aliphatic rings. The maximum atomic E-state index is 14.0. The molecule has 2 heterocycles. The minimum atomic E-state index is -4.53. The molecule has 0 aliphatic heterocycles. The fraction of sp³-hybridized carbons (Fsp3) is 0.100. The summed E-state index contributed by atoms with van der Waals surface area (Å²) in [5.74, 6) is -3.31. The first-order valence-electron chi connectivity index (χ1n) is 12.2. The Kier molecular flexibility index (Phi) is 7.27. The standard InChI is InChI=1S/C30H20F5N3O3/c31-24-10-20(11-25(32)13-24)22-12-26(28(39)36-14-17-4-6-19(7-5-17)29(40)41)27-21(15-37-38(27)16-22)8-18-2-1-3-23(9-18)30(33,34)35/h1-7,9-13,15-16H,8,14H2,(H,36,39)(H,40,41). The first kappa shape index (κ1) is 27.5. The molecule has 0 unspecified atom stereocenters. The zero-order chi connectivity index (χ0) is 29.3. The van der Waals surface area contributed by atoms with Gasteiger partial charge in [0.2, 0.25) is 0 Å². The van der Waals surface area contributed by atoms with Gasteiger partial charge in [-0.3, -0.25) is 4.79 Å². The molecular formula is C30H20F5N3O3. The molecule has 0 fully saturated rings. The number of nitrogens with zero attached hydrogens (tertiary/aromatic N) is 2. The third kappa shape index (κ3) is 6.08. The number of alkyl halides is 3. The minimum absolute atomic E-state index is 0.0261. The van der Waals surface area contributed by atoms with E-state index >= 15 is 0 Å². The second kappa shape index (κ2) is 10.8. The van der Waals surface area contributed by atoms with Gasteiger partial charge in [-0.2, -0.15) is 18.3 Å². The van der Waals surface area contributed by atoms with Gasteiger partial charge in [-0.1, -0.05) is 30.3 Å². The summed E-state index contributed by atoms with van der Waals surface area (Å²) in [6.07, 6.45) is -1.61. The van der Waals surface area contributed by atoms with E-state index in [1.54, 1.807) is 12.1 Å². The van der Waals surface area contributed by atoms with Gasteiger partial charge in [0.05, 0.1) is 28.4 Å². The highest BCUT2D eigenvalue weighted by Crippen LogP contribution is 2.31. The zero-order valence-corrected chi connectivity index (χ0v) is 21.0. The number of benzene rings is 3. The van der Waals surface area contributed by atoms with Gasteiger partial charge in [0.15, 0.2) is 0 Å². The molecule has 0 bridgehead atoms. The largest absolute Gasteiger partial charge is 0.478 e. The van der Waals surface area contributed by atoms with E-state index in [1.807, 2.05) is 0 Å². The average Bonchev–Trinajstić information content (AvgIpc) is 3.33. The quantitative estimate of drug-likeness (QED) is 0.220. The van der Waals surface area contributed by atoms with Crippen molar-refractivity contribution in [2.75, 3.05) is 0 Å². The summed E-state index contributed by atoms with van der Waals surface area (Å²) >= 11 is 0. The van der Waals surface area contributed by atoms with Crippen molar-refractivity contribution in [1.82, 2.24) is 14.9 Å². The SMILES string of the molecule is O=C(O)c1ccc(CNC(=O)c2cc(-c3cc(F)cc(F)c3)cn3ncc(Cc4cccc(C(F)(F)F)c4)c23)cc1. The highest BCUT2D eigenvalue weighted by atomic mass is 19.4. The fourth-order valence-electron chi connectivity index (χ4n) is 4.49. The second-order valence-corrected chi connectivity index (χ2v) is 9.32. The van der Waals surface area contributed by atoms with Crippen molar-refractivity contribution in [2.45, 2.75) is 19.1 Å². The van der Waals surface area contributed by atoms with E-state index in [2.05, 4.69) is 10.4 Å². The lowest BCUT2D eigenvalue weighted by Crippen LogP contribution is -2.24. The van der Waals surface area contributed by atoms with Crippen LogP contribution in [0.15, 0.2) is 85.2 Å². The Bertz CT molecular complexity index is 1760. The lowest BCUT2D eigenvalue weighted by Gasteiger charge is -2.12. The average molecular weight is 565 g/mol. The van der Waals surface area contributed by atoms with Crippen LogP contribution in [0, 0.1) is 11.6 Å². The van der Waals surface area contributed by atoms with Crippen LogP contribution < -0.4 is 5.32 Å². The third-order valence-electron chi connectivity index (χ3n) is 6.43. The predicted octanol–water partition coefficient (Wildman–Crippen LogP) is 6.52. The van der Waals surface area contributed by atoms with Crippen LogP contribution >= 0.6 is 0 Å². The van der Waals surface area contributed by atoms with Crippen LogP contribution in [0.5, 0.6) is 0 Å². The highest BCUT2D eigenvalue weighted by Gasteiger charge is 2.30. The number of carbonyl (C=O) groups is 2. The van der Waals surface area contributed by atoms with Crippen molar-refractivity contribution in [2.24, 2.45) is 0 Å². The molecule has 208 valence electrons. The normalized spacial score (nSPS) is 11.5. The lowest BCUT2D eigenvalue weighted by atomic mass is 9.99. The maximum absolute atomic E-state index is 14.0. The van der Waals surface area contributed by atoms with Gasteiger partial charge in [0, 0.05) is 36.4 Å². The van der Waals surface area contributed by atoms with Crippen molar-refractivity contribution in [3.8, 4) is 11.1 Å². The number of pyridine rings is 1. The van der Waals surface area contributed by atoms with Crippen LogP contribution in [0.4, 0.5) is 22.0 Å². The summed E-state index contributed by atoms with van der Waals surface area (Å²) in [4.78, 5) is 24.6. The van der Waals surface area contributed by atoms with Crippen molar-refractivity contribution < 1.29 is 36.6 Å². The molecule has 6 nitrogen and oxygen atoms in total. The van der Waals surface area contributed by atoms with E-state index in [9.17, 15) is 31.5 Å². The molecule has 0 aliphatic carbocycles. The maximum Gasteiger partial charge on any atom is 0.416 e. The molecule has 0 saturated carbocycles. The number of hydrogen-bond acceptors (Lipinski definition) is 3. The summed E-state index contributed by atoms with van der Waals surface area (Å²) in [7, 11) is 0. The van der Waals surface area contributed by atoms with Crippen LogP contribution in [0.2, 0.25) is 0 Å². The number of amides is 1. The van der Waals surface area contributed by atoms with Crippen LogP contribution in [0.1, 0.15) is 43.0 Å². The molecule has 0 saturated heterocycles. The molecule has 1 amide bonds. The van der Waals surface area contributed by atoms with Gasteiger partial charge in [-0.05, 0) is 53.1 Å². The van der Waals surface area contributed by atoms with E-state index in [4.69, 9.17) is 5.11 Å². The number of halogens is 5. The number of carboxylic acids is 1. The van der Waals surface area contributed by atoms with Gasteiger partial charge in [0.25, 0.3) is 5.91 Å². The van der Waals surface area contributed by atoms with E-state index in [1.165, 1.54) is 47.2 Å². The Hall–Kier alpha value is -5.06. The number of aromatic nitrogens is 2. The Morgan fingerprint density at radius 1 is 0.878 bits per heavy atom. The zero-order valence-electron chi connectivity index (χ0n) is 21.0. The monoisotopic (exact) mass is 565 g/mol. The second-order valence-electron chi connectivity index (χ2n) is 9.32. The van der Waals surface area contributed by atoms with Gasteiger partial charge < -0.3 is 10.4 Å². The fourth-order valence-corrected chi connectivity index (χ4v) is 4.49. The highest BCUT2D eigenvalue weighted by molar-refractivity contribution is 6.02. The summed E-state index contributed by atoms with van der Waals surface area (Å²) in [5.41, 5.74) is 1.49. The first-order chi connectivity index (χ1) is 19.5. The third-order valence-corrected chi connectivity index (χ3v) is 6.43. The Balaban J connectivity index is 1.54. The van der Waals surface area contributed by atoms with E-state index in [0.717, 1.165) is 24.3 Å². The summed E-state index contributed by atoms with van der Waals surface area (Å²) in [5, 5.41) is 16.1. The van der Waals surface area contributed by atoms with Crippen LogP contribution in [0.25, 0.3) is 16.6 Å². The molecule has 11 heteroatoms. The molecule has 0 radical (unpaired) electrons. The number of hydrogen-bond donors (Lipinski definition) is 2. The smallest absolute Gasteiger partial charge is 0.416 e. The van der Waals surface area contributed by atoms with Gasteiger partial charge in [0.1, 0.15) is 11.6 Å². The van der Waals surface area contributed by atoms with Crippen molar-refractivity contribution in [3.63, 3.8) is 0 Å². The molecule has 3 aromatic carbocycles. The van der Waals surface area contributed by atoms with Crippen LogP contribution in [-0.2, 0) is 19.1 Å². The number of carboxylic acid groups (broad SMARTS) is 1. The van der Waals surface area contributed by atoms with Gasteiger partial charge in [-0.15, -0.1) is 0 Å². The molecule has 0 spiro atoms. The molecular weight excluding hydrogens is 545 g/mol. The Labute approximate surface area is 229 Å². The molecule has 41 heavy (non-hydrogen) atoms. The Morgan fingerprint density at radius 2 is 1.59 bits per heavy atom. The van der Waals surface area contributed by atoms with Crippen LogP contribution in [-0.4, -0.2) is 26.6 Å². The molecule has 5 aromatic rings. The van der Waals surface area contributed by atoms with E-state index in [0.29, 0.717) is 28.3 Å². The topological polar surface area (TPSA) is 83.7 Å². The molecule has 0 atom stereocenters. The predicted molar refractivity (Wildman–Crippen MR) is 139 cm³/mol. The van der Waals surface area contributed by atoms with Gasteiger partial charge >= 0.3 is 12.1 Å². The van der Waals surface area contributed by atoms with Crippen molar-refractivity contribution in [1.29, 1.82) is 0 Å². The number of rotatable bonds is 7. The number of nitrogens with one attached hydrogen (secondary N) is 1. The number of fused-ring (bicyclic) bond motifs is 1. The molecule has 2 N–H and O–H groups in total. The molecule has 5 rings (SSSR count). The summed E-state index contributed by atoms with van der Waals surface area (Å²) < 4.78 is 69.1. The van der Waals surface area contributed by atoms with Crippen molar-refractivity contribution in [3.05, 3.63) is 130 Å². The first-order valence-corrected chi connectivity index (χ1v) is 12.2. The van der Waals surface area contributed by atoms with Crippen molar-refractivity contribution >= 4 is 17.4 Å². The van der Waals surface area contributed by atoms with E-state index in [-0.39, 0.29) is 35.2 Å².